The van der Waals surface area contributed by atoms with Crippen LogP contribution >= 0.6 is 11.8 Å². The number of carbonyl (C=O) groups is 1. The number of fused-ring (bicyclic) bond motifs is 1. The largest absolute Gasteiger partial charge is 0.506 e. The lowest BCUT2D eigenvalue weighted by molar-refractivity contribution is -0.116. The highest BCUT2D eigenvalue weighted by Gasteiger charge is 2.31. The summed E-state index contributed by atoms with van der Waals surface area (Å²) in [4.78, 5) is 31.7. The summed E-state index contributed by atoms with van der Waals surface area (Å²) in [7, 11) is 0. The molecule has 0 bridgehead atoms. The molecule has 2 aromatic rings. The van der Waals surface area contributed by atoms with Gasteiger partial charge in [0.25, 0.3) is 5.56 Å². The van der Waals surface area contributed by atoms with Gasteiger partial charge in [-0.25, -0.2) is 4.98 Å². The molecule has 1 unspecified atom stereocenters. The van der Waals surface area contributed by atoms with E-state index >= 15 is 0 Å². The first-order chi connectivity index (χ1) is 11.5. The van der Waals surface area contributed by atoms with Crippen molar-refractivity contribution in [3.63, 3.8) is 0 Å². The summed E-state index contributed by atoms with van der Waals surface area (Å²) in [6.45, 7) is 2.04. The number of phenolic OH excluding ortho intramolecular Hbond substituents is 1. The number of nitrogens with zero attached hydrogens (tertiary/aromatic N) is 1. The van der Waals surface area contributed by atoms with Gasteiger partial charge < -0.3 is 21.1 Å². The molecule has 1 aliphatic heterocycles. The zero-order chi connectivity index (χ0) is 17.3. The molecule has 1 atom stereocenters. The molecule has 126 valence electrons. The minimum atomic E-state index is -0.446. The molecule has 0 radical (unpaired) electrons. The Balaban J connectivity index is 2.07. The van der Waals surface area contributed by atoms with Crippen molar-refractivity contribution < 1.29 is 9.90 Å². The number of phenols is 1. The molecule has 0 saturated heterocycles. The van der Waals surface area contributed by atoms with Gasteiger partial charge in [-0.05, 0) is 24.1 Å². The summed E-state index contributed by atoms with van der Waals surface area (Å²) in [5, 5.41) is 12.7. The Bertz CT molecular complexity index is 850. The van der Waals surface area contributed by atoms with Gasteiger partial charge in [0.05, 0.1) is 11.3 Å². The summed E-state index contributed by atoms with van der Waals surface area (Å²) in [6.07, 6.45) is 1.08. The number of aromatic hydroxyl groups is 1. The normalized spacial score (nSPS) is 16.5. The minimum absolute atomic E-state index is 0.0300. The van der Waals surface area contributed by atoms with Gasteiger partial charge in [0.2, 0.25) is 5.91 Å². The first kappa shape index (κ1) is 16.4. The Hall–Kier alpha value is -2.48. The lowest BCUT2D eigenvalue weighted by Crippen LogP contribution is -2.31. The van der Waals surface area contributed by atoms with Crippen molar-refractivity contribution in [3.8, 4) is 5.75 Å². The molecule has 1 aromatic heterocycles. The van der Waals surface area contributed by atoms with Gasteiger partial charge in [-0.15, -0.1) is 0 Å². The van der Waals surface area contributed by atoms with Crippen LogP contribution in [0.15, 0.2) is 28.2 Å². The van der Waals surface area contributed by atoms with Crippen LogP contribution in [0, 0.1) is 0 Å². The van der Waals surface area contributed by atoms with E-state index in [1.54, 1.807) is 12.1 Å². The molecule has 1 aromatic carbocycles. The molecule has 0 fully saturated rings. The van der Waals surface area contributed by atoms with E-state index in [9.17, 15) is 14.7 Å². The highest BCUT2D eigenvalue weighted by Crippen LogP contribution is 2.36. The first-order valence-electron chi connectivity index (χ1n) is 7.64. The summed E-state index contributed by atoms with van der Waals surface area (Å²) < 4.78 is 0. The van der Waals surface area contributed by atoms with Crippen LogP contribution in [0.1, 0.15) is 36.8 Å². The molecular formula is C16H18N4O3S. The highest BCUT2D eigenvalue weighted by molar-refractivity contribution is 7.99. The Labute approximate surface area is 142 Å². The number of nitrogen functional groups attached to an aromatic ring is 1. The van der Waals surface area contributed by atoms with E-state index in [0.717, 1.165) is 12.2 Å². The van der Waals surface area contributed by atoms with E-state index in [4.69, 9.17) is 5.73 Å². The number of aromatic amines is 1. The third-order valence-corrected chi connectivity index (χ3v) is 4.91. The molecule has 7 nitrogen and oxygen atoms in total. The van der Waals surface area contributed by atoms with Crippen LogP contribution < -0.4 is 16.6 Å². The van der Waals surface area contributed by atoms with Crippen molar-refractivity contribution in [2.45, 2.75) is 30.8 Å². The van der Waals surface area contributed by atoms with Crippen LogP contribution in [0.4, 0.5) is 11.5 Å². The zero-order valence-electron chi connectivity index (χ0n) is 13.1. The molecule has 2 heterocycles. The monoisotopic (exact) mass is 346 g/mol. The molecule has 3 rings (SSSR count). The average Bonchev–Trinajstić information content (AvgIpc) is 2.54. The predicted octanol–water partition coefficient (Wildman–Crippen LogP) is 2.03. The van der Waals surface area contributed by atoms with Gasteiger partial charge in [-0.3, -0.25) is 9.59 Å². The van der Waals surface area contributed by atoms with Crippen molar-refractivity contribution in [3.05, 3.63) is 39.7 Å². The maximum atomic E-state index is 12.5. The van der Waals surface area contributed by atoms with Gasteiger partial charge in [-0.1, -0.05) is 24.8 Å². The van der Waals surface area contributed by atoms with Gasteiger partial charge in [0.15, 0.2) is 5.16 Å². The standard InChI is InChI=1S/C16H18N4O3S/c1-2-5-24-16-19-14-13(15(23)20-16)9(7-12(22)18-14)8-3-4-11(21)10(17)6-8/h3-4,6,9,21H,2,5,7,17H2,1H3,(H2,18,19,20,22,23). The number of rotatable bonds is 4. The van der Waals surface area contributed by atoms with E-state index < -0.39 is 5.92 Å². The Morgan fingerprint density at radius 2 is 2.21 bits per heavy atom. The molecular weight excluding hydrogens is 328 g/mol. The average molecular weight is 346 g/mol. The number of anilines is 2. The van der Waals surface area contributed by atoms with Crippen molar-refractivity contribution in [2.75, 3.05) is 16.8 Å². The van der Waals surface area contributed by atoms with E-state index in [1.165, 1.54) is 17.8 Å². The van der Waals surface area contributed by atoms with Crippen LogP contribution in [0.3, 0.4) is 0 Å². The topological polar surface area (TPSA) is 121 Å². The Kier molecular flexibility index (Phi) is 4.48. The lowest BCUT2D eigenvalue weighted by atomic mass is 9.86. The van der Waals surface area contributed by atoms with Gasteiger partial charge >= 0.3 is 0 Å². The van der Waals surface area contributed by atoms with Crippen molar-refractivity contribution in [1.29, 1.82) is 0 Å². The second kappa shape index (κ2) is 6.56. The quantitative estimate of drug-likeness (QED) is 0.291. The van der Waals surface area contributed by atoms with Crippen LogP contribution in [0.5, 0.6) is 5.75 Å². The van der Waals surface area contributed by atoms with E-state index in [-0.39, 0.29) is 29.3 Å². The SMILES string of the molecule is CCCSc1nc2c(c(=O)[nH]1)C(c1ccc(O)c(N)c1)CC(=O)N2. The Morgan fingerprint density at radius 3 is 2.92 bits per heavy atom. The maximum absolute atomic E-state index is 12.5. The Morgan fingerprint density at radius 1 is 1.42 bits per heavy atom. The number of hydrogen-bond acceptors (Lipinski definition) is 6. The molecule has 8 heteroatoms. The summed E-state index contributed by atoms with van der Waals surface area (Å²) in [6, 6.07) is 4.71. The molecule has 0 aliphatic carbocycles. The van der Waals surface area contributed by atoms with E-state index in [0.29, 0.717) is 22.1 Å². The van der Waals surface area contributed by atoms with Crippen molar-refractivity contribution in [2.24, 2.45) is 0 Å². The van der Waals surface area contributed by atoms with E-state index in [1.807, 2.05) is 6.92 Å². The highest BCUT2D eigenvalue weighted by atomic mass is 32.2. The fourth-order valence-electron chi connectivity index (χ4n) is 2.69. The molecule has 0 saturated carbocycles. The number of thioether (sulfide) groups is 1. The number of amides is 1. The minimum Gasteiger partial charge on any atom is -0.506 e. The maximum Gasteiger partial charge on any atom is 0.257 e. The fraction of sp³-hybridized carbons (Fsp3) is 0.312. The number of nitrogens with two attached hydrogens (primary N) is 1. The van der Waals surface area contributed by atoms with E-state index in [2.05, 4.69) is 15.3 Å². The van der Waals surface area contributed by atoms with Crippen molar-refractivity contribution >= 4 is 29.2 Å². The molecule has 5 N–H and O–H groups in total. The van der Waals surface area contributed by atoms with Gasteiger partial charge in [0.1, 0.15) is 11.6 Å². The predicted molar refractivity (Wildman–Crippen MR) is 93.5 cm³/mol. The number of benzene rings is 1. The number of hydrogen-bond donors (Lipinski definition) is 4. The lowest BCUT2D eigenvalue weighted by Gasteiger charge is -2.24. The van der Waals surface area contributed by atoms with Gasteiger partial charge in [-0.2, -0.15) is 0 Å². The second-order valence-electron chi connectivity index (χ2n) is 5.60. The molecule has 1 amide bonds. The van der Waals surface area contributed by atoms with Crippen LogP contribution in [0.25, 0.3) is 0 Å². The van der Waals surface area contributed by atoms with Crippen LogP contribution in [-0.2, 0) is 4.79 Å². The van der Waals surface area contributed by atoms with Crippen molar-refractivity contribution in [1.82, 2.24) is 9.97 Å². The third kappa shape index (κ3) is 3.09. The van der Waals surface area contributed by atoms with Crippen LogP contribution in [-0.4, -0.2) is 26.7 Å². The number of nitrogens with one attached hydrogen (secondary N) is 2. The zero-order valence-corrected chi connectivity index (χ0v) is 13.9. The molecule has 0 spiro atoms. The molecule has 1 aliphatic rings. The molecule has 24 heavy (non-hydrogen) atoms. The smallest absolute Gasteiger partial charge is 0.257 e. The summed E-state index contributed by atoms with van der Waals surface area (Å²) in [5.74, 6) is 0.442. The second-order valence-corrected chi connectivity index (χ2v) is 6.69. The third-order valence-electron chi connectivity index (χ3n) is 3.83. The van der Waals surface area contributed by atoms with Crippen LogP contribution in [0.2, 0.25) is 0 Å². The number of aromatic nitrogens is 2. The summed E-state index contributed by atoms with van der Waals surface area (Å²) >= 11 is 1.44. The summed E-state index contributed by atoms with van der Waals surface area (Å²) in [5.41, 5.74) is 6.80. The number of carbonyl (C=O) groups excluding carboxylic acids is 1. The number of H-pyrrole nitrogens is 1. The first-order valence-corrected chi connectivity index (χ1v) is 8.63. The van der Waals surface area contributed by atoms with Gasteiger partial charge in [0, 0.05) is 18.1 Å². The fourth-order valence-corrected chi connectivity index (χ4v) is 3.41.